The van der Waals surface area contributed by atoms with Gasteiger partial charge in [-0.3, -0.25) is 4.98 Å². The fourth-order valence-corrected chi connectivity index (χ4v) is 3.14. The molecule has 0 spiro atoms. The van der Waals surface area contributed by atoms with Crippen LogP contribution in [-0.4, -0.2) is 4.98 Å². The fraction of sp³-hybridized carbons (Fsp3) is 0.389. The third-order valence-corrected chi connectivity index (χ3v) is 4.34. The van der Waals surface area contributed by atoms with E-state index in [0.29, 0.717) is 5.92 Å². The second-order valence-electron chi connectivity index (χ2n) is 5.74. The SMILES string of the molecule is NC(c1cccc(-c2ccccc2)n1)C1CCCCC1. The van der Waals surface area contributed by atoms with Crippen LogP contribution in [0.3, 0.4) is 0 Å². The minimum absolute atomic E-state index is 0.0824. The minimum atomic E-state index is 0.0824. The molecule has 1 aliphatic rings. The van der Waals surface area contributed by atoms with Crippen molar-refractivity contribution in [2.75, 3.05) is 0 Å². The fourth-order valence-electron chi connectivity index (χ4n) is 3.14. The Labute approximate surface area is 121 Å². The van der Waals surface area contributed by atoms with Gasteiger partial charge in [0.25, 0.3) is 0 Å². The van der Waals surface area contributed by atoms with Gasteiger partial charge in [-0.25, -0.2) is 0 Å². The predicted molar refractivity (Wildman–Crippen MR) is 83.2 cm³/mol. The molecule has 0 saturated heterocycles. The van der Waals surface area contributed by atoms with E-state index in [2.05, 4.69) is 30.3 Å². The van der Waals surface area contributed by atoms with Gasteiger partial charge in [-0.05, 0) is 30.9 Å². The number of hydrogen-bond acceptors (Lipinski definition) is 2. The Balaban J connectivity index is 1.83. The lowest BCUT2D eigenvalue weighted by molar-refractivity contribution is 0.305. The van der Waals surface area contributed by atoms with E-state index in [-0.39, 0.29) is 6.04 Å². The highest BCUT2D eigenvalue weighted by atomic mass is 14.8. The summed E-state index contributed by atoms with van der Waals surface area (Å²) in [5.41, 5.74) is 9.67. The van der Waals surface area contributed by atoms with E-state index >= 15 is 0 Å². The maximum Gasteiger partial charge on any atom is 0.0706 e. The van der Waals surface area contributed by atoms with Crippen molar-refractivity contribution in [3.05, 3.63) is 54.2 Å². The van der Waals surface area contributed by atoms with E-state index in [1.807, 2.05) is 18.2 Å². The standard InChI is InChI=1S/C18H22N2/c19-18(15-10-5-2-6-11-15)17-13-7-12-16(20-17)14-8-3-1-4-9-14/h1,3-4,7-9,12-13,15,18H,2,5-6,10-11,19H2. The lowest BCUT2D eigenvalue weighted by Crippen LogP contribution is -2.24. The van der Waals surface area contributed by atoms with Crippen LogP contribution in [-0.2, 0) is 0 Å². The summed E-state index contributed by atoms with van der Waals surface area (Å²) in [5, 5.41) is 0. The van der Waals surface area contributed by atoms with E-state index < -0.39 is 0 Å². The Morgan fingerprint density at radius 2 is 1.65 bits per heavy atom. The van der Waals surface area contributed by atoms with Crippen LogP contribution in [0.2, 0.25) is 0 Å². The normalized spacial score (nSPS) is 17.9. The molecule has 0 amide bonds. The van der Waals surface area contributed by atoms with Gasteiger partial charge >= 0.3 is 0 Å². The lowest BCUT2D eigenvalue weighted by Gasteiger charge is -2.27. The number of rotatable bonds is 3. The first-order chi connectivity index (χ1) is 9.84. The van der Waals surface area contributed by atoms with E-state index in [1.54, 1.807) is 0 Å². The second-order valence-corrected chi connectivity index (χ2v) is 5.74. The average Bonchev–Trinajstić information content (AvgIpc) is 2.56. The predicted octanol–water partition coefficient (Wildman–Crippen LogP) is 4.33. The molecule has 2 nitrogen and oxygen atoms in total. The van der Waals surface area contributed by atoms with Gasteiger partial charge in [0.05, 0.1) is 11.4 Å². The van der Waals surface area contributed by atoms with Crippen LogP contribution < -0.4 is 5.73 Å². The van der Waals surface area contributed by atoms with Gasteiger partial charge in [0.15, 0.2) is 0 Å². The maximum absolute atomic E-state index is 6.45. The summed E-state index contributed by atoms with van der Waals surface area (Å²) in [6, 6.07) is 16.6. The molecule has 1 heterocycles. The number of pyridine rings is 1. The first-order valence-corrected chi connectivity index (χ1v) is 7.62. The van der Waals surface area contributed by atoms with Gasteiger partial charge in [-0.1, -0.05) is 55.7 Å². The molecule has 1 atom stereocenters. The molecule has 20 heavy (non-hydrogen) atoms. The second kappa shape index (κ2) is 6.19. The van der Waals surface area contributed by atoms with E-state index in [9.17, 15) is 0 Å². The smallest absolute Gasteiger partial charge is 0.0706 e. The zero-order valence-electron chi connectivity index (χ0n) is 11.8. The van der Waals surface area contributed by atoms with E-state index in [1.165, 1.54) is 32.1 Å². The van der Waals surface area contributed by atoms with Crippen LogP contribution in [0.5, 0.6) is 0 Å². The Kier molecular flexibility index (Phi) is 4.12. The maximum atomic E-state index is 6.45. The Morgan fingerprint density at radius 3 is 2.40 bits per heavy atom. The number of hydrogen-bond donors (Lipinski definition) is 1. The highest BCUT2D eigenvalue weighted by Gasteiger charge is 2.22. The lowest BCUT2D eigenvalue weighted by atomic mass is 9.83. The van der Waals surface area contributed by atoms with Gasteiger partial charge in [0, 0.05) is 11.6 Å². The van der Waals surface area contributed by atoms with Crippen LogP contribution in [0.15, 0.2) is 48.5 Å². The largest absolute Gasteiger partial charge is 0.322 e. The molecule has 104 valence electrons. The molecule has 1 unspecified atom stereocenters. The van der Waals surface area contributed by atoms with Gasteiger partial charge in [-0.2, -0.15) is 0 Å². The third kappa shape index (κ3) is 2.91. The summed E-state index contributed by atoms with van der Waals surface area (Å²) in [4.78, 5) is 4.79. The quantitative estimate of drug-likeness (QED) is 0.898. The molecule has 3 rings (SSSR count). The van der Waals surface area contributed by atoms with Crippen molar-refractivity contribution >= 4 is 0 Å². The highest BCUT2D eigenvalue weighted by molar-refractivity contribution is 5.58. The van der Waals surface area contributed by atoms with Crippen LogP contribution in [0, 0.1) is 5.92 Å². The summed E-state index contributed by atoms with van der Waals surface area (Å²) in [6.07, 6.45) is 6.49. The monoisotopic (exact) mass is 266 g/mol. The topological polar surface area (TPSA) is 38.9 Å². The van der Waals surface area contributed by atoms with Crippen molar-refractivity contribution in [3.8, 4) is 11.3 Å². The molecular formula is C18H22N2. The molecule has 2 aromatic rings. The zero-order valence-corrected chi connectivity index (χ0v) is 11.8. The van der Waals surface area contributed by atoms with Crippen molar-refractivity contribution in [1.82, 2.24) is 4.98 Å². The first kappa shape index (κ1) is 13.3. The Bertz CT molecular complexity index is 544. The van der Waals surface area contributed by atoms with Crippen molar-refractivity contribution in [2.45, 2.75) is 38.1 Å². The molecule has 0 radical (unpaired) electrons. The highest BCUT2D eigenvalue weighted by Crippen LogP contribution is 2.32. The number of benzene rings is 1. The van der Waals surface area contributed by atoms with Gasteiger partial charge < -0.3 is 5.73 Å². The zero-order chi connectivity index (χ0) is 13.8. The van der Waals surface area contributed by atoms with E-state index in [4.69, 9.17) is 10.7 Å². The molecular weight excluding hydrogens is 244 g/mol. The summed E-state index contributed by atoms with van der Waals surface area (Å²) in [7, 11) is 0. The summed E-state index contributed by atoms with van der Waals surface area (Å²) < 4.78 is 0. The molecule has 0 aliphatic heterocycles. The average molecular weight is 266 g/mol. The number of aromatic nitrogens is 1. The van der Waals surface area contributed by atoms with E-state index in [0.717, 1.165) is 17.0 Å². The summed E-state index contributed by atoms with van der Waals surface area (Å²) in [5.74, 6) is 0.599. The van der Waals surface area contributed by atoms with Crippen LogP contribution >= 0.6 is 0 Å². The van der Waals surface area contributed by atoms with Crippen molar-refractivity contribution in [3.63, 3.8) is 0 Å². The van der Waals surface area contributed by atoms with Crippen LogP contribution in [0.1, 0.15) is 43.8 Å². The number of nitrogens with two attached hydrogens (primary N) is 1. The molecule has 0 bridgehead atoms. The Hall–Kier alpha value is -1.67. The van der Waals surface area contributed by atoms with Crippen LogP contribution in [0.25, 0.3) is 11.3 Å². The summed E-state index contributed by atoms with van der Waals surface area (Å²) in [6.45, 7) is 0. The van der Waals surface area contributed by atoms with Crippen LogP contribution in [0.4, 0.5) is 0 Å². The molecule has 2 heteroatoms. The van der Waals surface area contributed by atoms with Gasteiger partial charge in [0.1, 0.15) is 0 Å². The van der Waals surface area contributed by atoms with Crippen molar-refractivity contribution < 1.29 is 0 Å². The van der Waals surface area contributed by atoms with Crippen molar-refractivity contribution in [2.24, 2.45) is 11.7 Å². The first-order valence-electron chi connectivity index (χ1n) is 7.62. The third-order valence-electron chi connectivity index (χ3n) is 4.34. The molecule has 1 aromatic heterocycles. The van der Waals surface area contributed by atoms with Crippen molar-refractivity contribution in [1.29, 1.82) is 0 Å². The molecule has 1 fully saturated rings. The van der Waals surface area contributed by atoms with Gasteiger partial charge in [-0.15, -0.1) is 0 Å². The molecule has 1 aliphatic carbocycles. The molecule has 1 aromatic carbocycles. The minimum Gasteiger partial charge on any atom is -0.322 e. The number of nitrogens with zero attached hydrogens (tertiary/aromatic N) is 1. The molecule has 2 N–H and O–H groups in total. The molecule has 1 saturated carbocycles. The van der Waals surface area contributed by atoms with Gasteiger partial charge in [0.2, 0.25) is 0 Å². The summed E-state index contributed by atoms with van der Waals surface area (Å²) >= 11 is 0. The Morgan fingerprint density at radius 1 is 0.900 bits per heavy atom.